The number of rotatable bonds is 4. The molecule has 4 N–H and O–H groups in total. The van der Waals surface area contributed by atoms with Gasteiger partial charge in [0.1, 0.15) is 11.9 Å². The van der Waals surface area contributed by atoms with Crippen molar-refractivity contribution in [1.82, 2.24) is 0 Å². The standard InChI is InChI=1S/C11H14FNO3/c1-6(14)8-3-2-7(12)4-9(8)11(16)10(15)5-13/h2-4,10-11,15-16H,5,13H2,1H3. The van der Waals surface area contributed by atoms with Crippen LogP contribution in [0.25, 0.3) is 0 Å². The van der Waals surface area contributed by atoms with E-state index in [2.05, 4.69) is 0 Å². The highest BCUT2D eigenvalue weighted by molar-refractivity contribution is 5.95. The average molecular weight is 227 g/mol. The summed E-state index contributed by atoms with van der Waals surface area (Å²) in [6, 6.07) is 3.43. The SMILES string of the molecule is CC(=O)c1ccc(F)cc1C(O)C(O)CN. The molecule has 2 unspecified atom stereocenters. The van der Waals surface area contributed by atoms with Crippen molar-refractivity contribution in [2.75, 3.05) is 6.54 Å². The van der Waals surface area contributed by atoms with Crippen molar-refractivity contribution in [1.29, 1.82) is 0 Å². The van der Waals surface area contributed by atoms with Gasteiger partial charge in [-0.2, -0.15) is 0 Å². The predicted octanol–water partition coefficient (Wildman–Crippen LogP) is 0.381. The lowest BCUT2D eigenvalue weighted by atomic mass is 9.96. The monoisotopic (exact) mass is 227 g/mol. The van der Waals surface area contributed by atoms with E-state index in [9.17, 15) is 19.4 Å². The molecule has 0 saturated heterocycles. The molecule has 0 amide bonds. The van der Waals surface area contributed by atoms with Gasteiger partial charge >= 0.3 is 0 Å². The van der Waals surface area contributed by atoms with Crippen molar-refractivity contribution in [3.05, 3.63) is 35.1 Å². The van der Waals surface area contributed by atoms with E-state index in [1.54, 1.807) is 0 Å². The number of carbonyl (C=O) groups excluding carboxylic acids is 1. The summed E-state index contributed by atoms with van der Waals surface area (Å²) in [7, 11) is 0. The Bertz CT molecular complexity index is 395. The van der Waals surface area contributed by atoms with E-state index in [0.717, 1.165) is 12.1 Å². The number of halogens is 1. The lowest BCUT2D eigenvalue weighted by molar-refractivity contribution is 0.0237. The predicted molar refractivity (Wildman–Crippen MR) is 56.4 cm³/mol. The molecular formula is C11H14FNO3. The summed E-state index contributed by atoms with van der Waals surface area (Å²) in [5.41, 5.74) is 5.43. The normalized spacial score (nSPS) is 14.6. The van der Waals surface area contributed by atoms with E-state index in [0.29, 0.717) is 0 Å². The van der Waals surface area contributed by atoms with Crippen LogP contribution < -0.4 is 5.73 Å². The molecule has 0 aliphatic carbocycles. The van der Waals surface area contributed by atoms with Crippen molar-refractivity contribution in [3.8, 4) is 0 Å². The molecule has 4 nitrogen and oxygen atoms in total. The number of benzene rings is 1. The molecule has 0 bridgehead atoms. The van der Waals surface area contributed by atoms with Crippen LogP contribution in [-0.4, -0.2) is 28.6 Å². The maximum Gasteiger partial charge on any atom is 0.160 e. The number of ketones is 1. The van der Waals surface area contributed by atoms with Gasteiger partial charge < -0.3 is 15.9 Å². The molecule has 1 aromatic rings. The fourth-order valence-corrected chi connectivity index (χ4v) is 1.44. The fraction of sp³-hybridized carbons (Fsp3) is 0.364. The van der Waals surface area contributed by atoms with Gasteiger partial charge in [-0.3, -0.25) is 4.79 Å². The second-order valence-corrected chi connectivity index (χ2v) is 3.54. The van der Waals surface area contributed by atoms with Crippen LogP contribution in [0.2, 0.25) is 0 Å². The van der Waals surface area contributed by atoms with Crippen LogP contribution in [0, 0.1) is 5.82 Å². The summed E-state index contributed by atoms with van der Waals surface area (Å²) in [6.07, 6.45) is -2.58. The third-order valence-corrected chi connectivity index (χ3v) is 2.32. The molecule has 0 aromatic heterocycles. The first-order valence-corrected chi connectivity index (χ1v) is 4.84. The third-order valence-electron chi connectivity index (χ3n) is 2.32. The number of hydrogen-bond acceptors (Lipinski definition) is 4. The van der Waals surface area contributed by atoms with E-state index in [4.69, 9.17) is 5.73 Å². The Hall–Kier alpha value is -1.30. The lowest BCUT2D eigenvalue weighted by Crippen LogP contribution is -2.28. The van der Waals surface area contributed by atoms with Crippen molar-refractivity contribution in [2.45, 2.75) is 19.1 Å². The molecule has 5 heteroatoms. The Morgan fingerprint density at radius 2 is 2.12 bits per heavy atom. The maximum absolute atomic E-state index is 13.0. The molecule has 16 heavy (non-hydrogen) atoms. The van der Waals surface area contributed by atoms with E-state index >= 15 is 0 Å². The molecule has 2 atom stereocenters. The Morgan fingerprint density at radius 3 is 2.62 bits per heavy atom. The largest absolute Gasteiger partial charge is 0.389 e. The first-order valence-electron chi connectivity index (χ1n) is 4.84. The van der Waals surface area contributed by atoms with Gasteiger partial charge in [0.15, 0.2) is 5.78 Å². The number of hydrogen-bond donors (Lipinski definition) is 3. The van der Waals surface area contributed by atoms with E-state index < -0.39 is 18.0 Å². The summed E-state index contributed by atoms with van der Waals surface area (Å²) in [5.74, 6) is -0.887. The molecular weight excluding hydrogens is 213 g/mol. The van der Waals surface area contributed by atoms with Crippen LogP contribution in [0.4, 0.5) is 4.39 Å². The van der Waals surface area contributed by atoms with Crippen LogP contribution in [0.5, 0.6) is 0 Å². The van der Waals surface area contributed by atoms with Crippen molar-refractivity contribution >= 4 is 5.78 Å². The second-order valence-electron chi connectivity index (χ2n) is 3.54. The number of aliphatic hydroxyl groups is 2. The number of carbonyl (C=O) groups is 1. The van der Waals surface area contributed by atoms with Gasteiger partial charge in [0, 0.05) is 12.1 Å². The smallest absolute Gasteiger partial charge is 0.160 e. The molecule has 0 heterocycles. The fourth-order valence-electron chi connectivity index (χ4n) is 1.44. The highest BCUT2D eigenvalue weighted by Gasteiger charge is 2.22. The molecule has 1 aromatic carbocycles. The molecule has 0 aliphatic heterocycles. The molecule has 88 valence electrons. The Kier molecular flexibility index (Phi) is 4.12. The number of nitrogens with two attached hydrogens (primary N) is 1. The van der Waals surface area contributed by atoms with Crippen LogP contribution in [0.1, 0.15) is 28.9 Å². The summed E-state index contributed by atoms with van der Waals surface area (Å²) in [5, 5.41) is 19.1. The summed E-state index contributed by atoms with van der Waals surface area (Å²) >= 11 is 0. The van der Waals surface area contributed by atoms with Crippen LogP contribution in [0.15, 0.2) is 18.2 Å². The molecule has 0 saturated carbocycles. The minimum Gasteiger partial charge on any atom is -0.389 e. The van der Waals surface area contributed by atoms with Gasteiger partial charge in [0.25, 0.3) is 0 Å². The minimum absolute atomic E-state index is 0.0606. The van der Waals surface area contributed by atoms with Crippen molar-refractivity contribution in [3.63, 3.8) is 0 Å². The topological polar surface area (TPSA) is 83.5 Å². The highest BCUT2D eigenvalue weighted by atomic mass is 19.1. The zero-order chi connectivity index (χ0) is 12.3. The quantitative estimate of drug-likeness (QED) is 0.649. The van der Waals surface area contributed by atoms with Gasteiger partial charge in [0.2, 0.25) is 0 Å². The minimum atomic E-state index is -1.36. The lowest BCUT2D eigenvalue weighted by Gasteiger charge is -2.18. The Balaban J connectivity index is 3.19. The van der Waals surface area contributed by atoms with E-state index in [-0.39, 0.29) is 23.5 Å². The Morgan fingerprint density at radius 1 is 1.50 bits per heavy atom. The maximum atomic E-state index is 13.0. The van der Waals surface area contributed by atoms with Crippen LogP contribution in [0.3, 0.4) is 0 Å². The number of Topliss-reactive ketones (excluding diaryl/α,β-unsaturated/α-hetero) is 1. The van der Waals surface area contributed by atoms with Crippen molar-refractivity contribution < 1.29 is 19.4 Å². The molecule has 0 spiro atoms. The molecule has 0 radical (unpaired) electrons. The van der Waals surface area contributed by atoms with Crippen molar-refractivity contribution in [2.24, 2.45) is 5.73 Å². The Labute approximate surface area is 92.5 Å². The van der Waals surface area contributed by atoms with Gasteiger partial charge in [-0.05, 0) is 30.7 Å². The number of aliphatic hydroxyl groups excluding tert-OH is 2. The van der Waals surface area contributed by atoms with E-state index in [1.165, 1.54) is 13.0 Å². The third kappa shape index (κ3) is 2.63. The van der Waals surface area contributed by atoms with Crippen LogP contribution >= 0.6 is 0 Å². The van der Waals surface area contributed by atoms with E-state index in [1.807, 2.05) is 0 Å². The van der Waals surface area contributed by atoms with Gasteiger partial charge in [-0.15, -0.1) is 0 Å². The first-order chi connectivity index (χ1) is 7.47. The van der Waals surface area contributed by atoms with Gasteiger partial charge in [-0.25, -0.2) is 4.39 Å². The molecule has 1 rings (SSSR count). The summed E-state index contributed by atoms with van der Waals surface area (Å²) in [6.45, 7) is 1.13. The summed E-state index contributed by atoms with van der Waals surface area (Å²) in [4.78, 5) is 11.2. The zero-order valence-electron chi connectivity index (χ0n) is 8.85. The van der Waals surface area contributed by atoms with Crippen LogP contribution in [-0.2, 0) is 0 Å². The van der Waals surface area contributed by atoms with Gasteiger partial charge in [-0.1, -0.05) is 0 Å². The zero-order valence-corrected chi connectivity index (χ0v) is 8.85. The summed E-state index contributed by atoms with van der Waals surface area (Å²) < 4.78 is 13.0. The average Bonchev–Trinajstić information content (AvgIpc) is 2.26. The highest BCUT2D eigenvalue weighted by Crippen LogP contribution is 2.22. The first kappa shape index (κ1) is 12.8. The molecule has 0 aliphatic rings. The van der Waals surface area contributed by atoms with Gasteiger partial charge in [0.05, 0.1) is 6.10 Å². The second kappa shape index (κ2) is 5.16. The molecule has 0 fully saturated rings.